The number of carbonyl (C=O) groups is 2. The lowest BCUT2D eigenvalue weighted by atomic mass is 9.90. The van der Waals surface area contributed by atoms with Crippen LogP contribution in [0.2, 0.25) is 0 Å². The number of rotatable bonds is 11. The SMILES string of the molecule is Cc1ccc(O)c(C(=O)NC2CCC(NC(=O)c3cc(F)cnc3Oc3c(CN4C[C@@H](C)N[C@@H](C)C4)ccc(-c4ccccc4)c3CN3CCOCC3)CC2)c1. The second kappa shape index (κ2) is 17.9. The van der Waals surface area contributed by atoms with E-state index in [4.69, 9.17) is 9.47 Å². The zero-order valence-electron chi connectivity index (χ0n) is 32.5. The van der Waals surface area contributed by atoms with Gasteiger partial charge < -0.3 is 30.5 Å². The zero-order valence-corrected chi connectivity index (χ0v) is 32.5. The van der Waals surface area contributed by atoms with Gasteiger partial charge in [0, 0.05) is 74.6 Å². The molecule has 11 nitrogen and oxygen atoms in total. The number of phenols is 1. The van der Waals surface area contributed by atoms with Crippen LogP contribution >= 0.6 is 0 Å². The van der Waals surface area contributed by atoms with E-state index < -0.39 is 11.7 Å². The highest BCUT2D eigenvalue weighted by Gasteiger charge is 2.29. The normalized spacial score (nSPS) is 22.0. The second-order valence-electron chi connectivity index (χ2n) is 15.6. The summed E-state index contributed by atoms with van der Waals surface area (Å²) >= 11 is 0. The van der Waals surface area contributed by atoms with Gasteiger partial charge in [0.1, 0.15) is 22.9 Å². The van der Waals surface area contributed by atoms with Crippen LogP contribution < -0.4 is 20.7 Å². The van der Waals surface area contributed by atoms with Crippen molar-refractivity contribution in [1.29, 1.82) is 0 Å². The van der Waals surface area contributed by atoms with Crippen LogP contribution in [-0.2, 0) is 17.8 Å². The minimum atomic E-state index is -0.635. The number of morpholine rings is 1. The summed E-state index contributed by atoms with van der Waals surface area (Å²) in [5.74, 6) is -0.819. The van der Waals surface area contributed by atoms with Crippen LogP contribution in [0.3, 0.4) is 0 Å². The standard InChI is InChI=1S/C44H53FN6O5/c1-28-9-16-40(52)37(21-28)42(53)48-34-11-13-35(14-12-34)49-43(54)38-22-33(45)23-46-44(38)56-41-32(26-51-24-29(2)47-30(3)25-51)10-15-36(31-7-5-4-6-8-31)39(41)27-50-17-19-55-20-18-50/h4-10,15-16,21-23,29-30,34-35,47,52H,11-14,17-20,24-27H2,1-3H3,(H,48,53)(H,49,54)/t29-,30+,34?,35?. The highest BCUT2D eigenvalue weighted by Crippen LogP contribution is 2.39. The molecule has 1 aliphatic carbocycles. The number of hydrogen-bond donors (Lipinski definition) is 4. The minimum absolute atomic E-state index is 0.0214. The van der Waals surface area contributed by atoms with Crippen LogP contribution in [0, 0.1) is 12.7 Å². The lowest BCUT2D eigenvalue weighted by Gasteiger charge is -2.36. The molecule has 3 fully saturated rings. The number of pyridine rings is 1. The number of aromatic nitrogens is 1. The third-order valence-electron chi connectivity index (χ3n) is 11.0. The highest BCUT2D eigenvalue weighted by molar-refractivity contribution is 5.97. The molecule has 0 spiro atoms. The van der Waals surface area contributed by atoms with E-state index in [1.165, 1.54) is 12.1 Å². The Morgan fingerprint density at radius 3 is 2.21 bits per heavy atom. The summed E-state index contributed by atoms with van der Waals surface area (Å²) < 4.78 is 27.5. The first-order chi connectivity index (χ1) is 27.1. The highest BCUT2D eigenvalue weighted by atomic mass is 19.1. The fraction of sp³-hybridized carbons (Fsp3) is 0.432. The Bertz CT molecular complexity index is 1990. The van der Waals surface area contributed by atoms with Gasteiger partial charge in [0.15, 0.2) is 0 Å². The van der Waals surface area contributed by atoms with Crippen LogP contribution in [0.15, 0.2) is 72.9 Å². The molecule has 12 heteroatoms. The number of halogens is 1. The fourth-order valence-corrected chi connectivity index (χ4v) is 8.27. The number of nitrogens with zero attached hydrogens (tertiary/aromatic N) is 3. The van der Waals surface area contributed by atoms with Crippen molar-refractivity contribution in [3.63, 3.8) is 0 Å². The topological polar surface area (TPSA) is 128 Å². The zero-order chi connectivity index (χ0) is 39.2. The molecule has 296 valence electrons. The third kappa shape index (κ3) is 9.73. The van der Waals surface area contributed by atoms with Crippen molar-refractivity contribution in [1.82, 2.24) is 30.7 Å². The van der Waals surface area contributed by atoms with Crippen LogP contribution in [-0.4, -0.2) is 95.3 Å². The maximum atomic E-state index is 14.9. The first-order valence-electron chi connectivity index (χ1n) is 19.8. The molecule has 2 aliphatic heterocycles. The van der Waals surface area contributed by atoms with Crippen molar-refractivity contribution < 1.29 is 28.6 Å². The number of amides is 2. The molecular weight excluding hydrogens is 712 g/mol. The van der Waals surface area contributed by atoms with E-state index >= 15 is 0 Å². The molecule has 3 aromatic carbocycles. The molecule has 0 radical (unpaired) electrons. The van der Waals surface area contributed by atoms with Crippen molar-refractivity contribution in [2.45, 2.75) is 83.7 Å². The molecule has 3 heterocycles. The number of ether oxygens (including phenoxy) is 2. The minimum Gasteiger partial charge on any atom is -0.507 e. The summed E-state index contributed by atoms with van der Waals surface area (Å²) in [5.41, 5.74) is 5.15. The van der Waals surface area contributed by atoms with Gasteiger partial charge in [-0.2, -0.15) is 0 Å². The van der Waals surface area contributed by atoms with Crippen molar-refractivity contribution >= 4 is 11.8 Å². The van der Waals surface area contributed by atoms with Crippen molar-refractivity contribution in [3.05, 3.63) is 107 Å². The molecule has 0 unspecified atom stereocenters. The maximum absolute atomic E-state index is 14.9. The molecular formula is C44H53FN6O5. The average molecular weight is 765 g/mol. The monoisotopic (exact) mass is 764 g/mol. The molecule has 2 amide bonds. The fourth-order valence-electron chi connectivity index (χ4n) is 8.27. The average Bonchev–Trinajstić information content (AvgIpc) is 3.18. The Kier molecular flexibility index (Phi) is 12.6. The molecule has 2 atom stereocenters. The van der Waals surface area contributed by atoms with E-state index in [-0.39, 0.29) is 40.7 Å². The van der Waals surface area contributed by atoms with Crippen LogP contribution in [0.25, 0.3) is 11.1 Å². The Hall–Kier alpha value is -4.88. The number of piperazine rings is 1. The Morgan fingerprint density at radius 2 is 1.54 bits per heavy atom. The van der Waals surface area contributed by atoms with E-state index in [0.717, 1.165) is 60.2 Å². The number of benzene rings is 3. The van der Waals surface area contributed by atoms with Gasteiger partial charge in [-0.3, -0.25) is 19.4 Å². The molecule has 56 heavy (non-hydrogen) atoms. The van der Waals surface area contributed by atoms with Gasteiger partial charge >= 0.3 is 0 Å². The van der Waals surface area contributed by atoms with E-state index in [1.807, 2.05) is 25.1 Å². The maximum Gasteiger partial charge on any atom is 0.257 e. The molecule has 0 bridgehead atoms. The predicted molar refractivity (Wildman–Crippen MR) is 213 cm³/mol. The van der Waals surface area contributed by atoms with Gasteiger partial charge in [-0.25, -0.2) is 9.37 Å². The quantitative estimate of drug-likeness (QED) is 0.142. The van der Waals surface area contributed by atoms with E-state index in [1.54, 1.807) is 12.1 Å². The van der Waals surface area contributed by atoms with Gasteiger partial charge in [-0.05, 0) is 75.8 Å². The molecule has 3 aliphatic rings. The van der Waals surface area contributed by atoms with Gasteiger partial charge in [-0.15, -0.1) is 0 Å². The molecule has 2 saturated heterocycles. The summed E-state index contributed by atoms with van der Waals surface area (Å²) in [6.07, 6.45) is 3.59. The summed E-state index contributed by atoms with van der Waals surface area (Å²) in [6, 6.07) is 21.0. The lowest BCUT2D eigenvalue weighted by Crippen LogP contribution is -2.53. The summed E-state index contributed by atoms with van der Waals surface area (Å²) in [5, 5.41) is 20.0. The Balaban J connectivity index is 1.15. The number of hydrogen-bond acceptors (Lipinski definition) is 9. The molecule has 4 aromatic rings. The van der Waals surface area contributed by atoms with Crippen molar-refractivity contribution in [2.75, 3.05) is 39.4 Å². The smallest absolute Gasteiger partial charge is 0.257 e. The number of carbonyl (C=O) groups excluding carboxylic acids is 2. The molecule has 1 aromatic heterocycles. The van der Waals surface area contributed by atoms with Gasteiger partial charge in [0.25, 0.3) is 11.8 Å². The van der Waals surface area contributed by atoms with Gasteiger partial charge in [0.2, 0.25) is 5.88 Å². The van der Waals surface area contributed by atoms with Crippen LogP contribution in [0.1, 0.15) is 76.9 Å². The number of phenolic OH excluding ortho intramolecular Hbond substituents is 1. The van der Waals surface area contributed by atoms with E-state index in [9.17, 15) is 19.1 Å². The summed E-state index contributed by atoms with van der Waals surface area (Å²) in [6.45, 7) is 12.0. The van der Waals surface area contributed by atoms with E-state index in [2.05, 4.69) is 68.8 Å². The Morgan fingerprint density at radius 1 is 0.875 bits per heavy atom. The molecule has 4 N–H and O–H groups in total. The van der Waals surface area contributed by atoms with Crippen LogP contribution in [0.4, 0.5) is 4.39 Å². The molecule has 7 rings (SSSR count). The summed E-state index contributed by atoms with van der Waals surface area (Å²) in [7, 11) is 0. The second-order valence-corrected chi connectivity index (χ2v) is 15.6. The van der Waals surface area contributed by atoms with Crippen molar-refractivity contribution in [3.8, 4) is 28.5 Å². The third-order valence-corrected chi connectivity index (χ3v) is 11.0. The van der Waals surface area contributed by atoms with E-state index in [0.29, 0.717) is 69.8 Å². The summed E-state index contributed by atoms with van der Waals surface area (Å²) in [4.78, 5) is 36.1. The van der Waals surface area contributed by atoms with Gasteiger partial charge in [-0.1, -0.05) is 54.1 Å². The first kappa shape index (κ1) is 39.4. The van der Waals surface area contributed by atoms with Crippen molar-refractivity contribution in [2.24, 2.45) is 0 Å². The Labute approximate surface area is 328 Å². The predicted octanol–water partition coefficient (Wildman–Crippen LogP) is 6.18. The number of aromatic hydroxyl groups is 1. The number of nitrogens with one attached hydrogen (secondary N) is 3. The number of aryl methyl sites for hydroxylation is 1. The first-order valence-corrected chi connectivity index (χ1v) is 19.8. The largest absolute Gasteiger partial charge is 0.507 e. The van der Waals surface area contributed by atoms with Gasteiger partial charge in [0.05, 0.1) is 25.0 Å². The lowest BCUT2D eigenvalue weighted by molar-refractivity contribution is 0.0339. The molecule has 1 saturated carbocycles. The van der Waals surface area contributed by atoms with Crippen LogP contribution in [0.5, 0.6) is 17.4 Å².